The predicted octanol–water partition coefficient (Wildman–Crippen LogP) is 1.34. The van der Waals surface area contributed by atoms with E-state index in [1.807, 2.05) is 0 Å². The van der Waals surface area contributed by atoms with Crippen LogP contribution in [0.25, 0.3) is 10.9 Å². The predicted molar refractivity (Wildman–Crippen MR) is 63.0 cm³/mol. The number of nitrogens with zero attached hydrogens (tertiary/aromatic N) is 1. The maximum Gasteiger partial charge on any atom is 0.252 e. The Morgan fingerprint density at radius 2 is 2.00 bits per heavy atom. The minimum absolute atomic E-state index is 0.0109. The molecular weight excluding hydrogens is 259 g/mol. The molecule has 0 fully saturated rings. The average molecular weight is 269 g/mol. The van der Waals surface area contributed by atoms with Gasteiger partial charge in [0.05, 0.1) is 5.56 Å². The molecule has 0 saturated carbocycles. The van der Waals surface area contributed by atoms with Gasteiger partial charge in [-0.1, -0.05) is 0 Å². The lowest BCUT2D eigenvalue weighted by Crippen LogP contribution is -2.29. The molecule has 0 aliphatic heterocycles. The number of aromatic nitrogens is 1. The molecule has 0 radical (unpaired) electrons. The Hall–Kier alpha value is -2.15. The van der Waals surface area contributed by atoms with E-state index < -0.39 is 23.4 Å². The Morgan fingerprint density at radius 1 is 1.26 bits per heavy atom. The van der Waals surface area contributed by atoms with Crippen LogP contribution in [-0.4, -0.2) is 24.0 Å². The quantitative estimate of drug-likeness (QED) is 0.826. The van der Waals surface area contributed by atoms with Crippen LogP contribution in [-0.2, 0) is 0 Å². The molecule has 7 heteroatoms. The van der Waals surface area contributed by atoms with E-state index in [0.717, 1.165) is 12.3 Å². The van der Waals surface area contributed by atoms with Gasteiger partial charge in [-0.15, -0.1) is 0 Å². The Labute approximate surface area is 106 Å². The third kappa shape index (κ3) is 2.50. The van der Waals surface area contributed by atoms with Crippen molar-refractivity contribution in [3.63, 3.8) is 0 Å². The zero-order valence-electron chi connectivity index (χ0n) is 9.71. The summed E-state index contributed by atoms with van der Waals surface area (Å²) in [6.45, 7) is 0.532. The van der Waals surface area contributed by atoms with Gasteiger partial charge in [0.2, 0.25) is 0 Å². The van der Waals surface area contributed by atoms with Gasteiger partial charge < -0.3 is 11.1 Å². The van der Waals surface area contributed by atoms with E-state index in [2.05, 4.69) is 10.3 Å². The Morgan fingerprint density at radius 3 is 2.68 bits per heavy atom. The van der Waals surface area contributed by atoms with Crippen molar-refractivity contribution in [1.29, 1.82) is 0 Å². The second-order valence-corrected chi connectivity index (χ2v) is 3.83. The van der Waals surface area contributed by atoms with E-state index in [4.69, 9.17) is 5.73 Å². The third-order valence-corrected chi connectivity index (χ3v) is 2.50. The van der Waals surface area contributed by atoms with Crippen LogP contribution in [0.15, 0.2) is 18.3 Å². The van der Waals surface area contributed by atoms with Crippen molar-refractivity contribution in [2.45, 2.75) is 0 Å². The molecule has 0 aliphatic rings. The van der Waals surface area contributed by atoms with Gasteiger partial charge in [-0.25, -0.2) is 13.2 Å². The van der Waals surface area contributed by atoms with Crippen LogP contribution in [0.2, 0.25) is 0 Å². The van der Waals surface area contributed by atoms with Crippen molar-refractivity contribution >= 4 is 16.8 Å². The SMILES string of the molecule is NCCNC(=O)c1cnc2c(F)c(F)c(F)cc2c1. The van der Waals surface area contributed by atoms with Crippen LogP contribution in [0.4, 0.5) is 13.2 Å². The number of amides is 1. The van der Waals surface area contributed by atoms with Crippen LogP contribution in [0.3, 0.4) is 0 Å². The highest BCUT2D eigenvalue weighted by atomic mass is 19.2. The molecule has 3 N–H and O–H groups in total. The number of carbonyl (C=O) groups is 1. The lowest BCUT2D eigenvalue weighted by atomic mass is 10.1. The van der Waals surface area contributed by atoms with Crippen molar-refractivity contribution in [3.8, 4) is 0 Å². The van der Waals surface area contributed by atoms with Crippen molar-refractivity contribution < 1.29 is 18.0 Å². The standard InChI is InChI=1S/C12H10F3N3O/c13-8-4-6-3-7(12(19)17-2-1-16)5-18-11(6)10(15)9(8)14/h3-5H,1-2,16H2,(H,17,19). The van der Waals surface area contributed by atoms with Crippen molar-refractivity contribution in [3.05, 3.63) is 41.3 Å². The molecule has 1 aromatic carbocycles. The summed E-state index contributed by atoms with van der Waals surface area (Å²) in [5.74, 6) is -4.75. The number of hydrogen-bond donors (Lipinski definition) is 2. The van der Waals surface area contributed by atoms with E-state index in [-0.39, 0.29) is 29.6 Å². The molecule has 4 nitrogen and oxygen atoms in total. The second-order valence-electron chi connectivity index (χ2n) is 3.83. The largest absolute Gasteiger partial charge is 0.351 e. The molecule has 1 heterocycles. The molecule has 2 aromatic rings. The first-order valence-electron chi connectivity index (χ1n) is 5.46. The van der Waals surface area contributed by atoms with Gasteiger partial charge in [0.1, 0.15) is 5.52 Å². The number of carbonyl (C=O) groups excluding carboxylic acids is 1. The first-order valence-corrected chi connectivity index (χ1v) is 5.46. The first-order chi connectivity index (χ1) is 9.04. The lowest BCUT2D eigenvalue weighted by molar-refractivity contribution is 0.0954. The Kier molecular flexibility index (Phi) is 3.66. The van der Waals surface area contributed by atoms with Crippen molar-refractivity contribution in [2.75, 3.05) is 13.1 Å². The number of hydrogen-bond acceptors (Lipinski definition) is 3. The zero-order chi connectivity index (χ0) is 14.0. The normalized spacial score (nSPS) is 10.7. The number of nitrogens with one attached hydrogen (secondary N) is 1. The van der Waals surface area contributed by atoms with Crippen LogP contribution in [0, 0.1) is 17.5 Å². The molecule has 0 aliphatic carbocycles. The molecule has 2 rings (SSSR count). The molecule has 1 amide bonds. The highest BCUT2D eigenvalue weighted by molar-refractivity contribution is 5.97. The molecule has 0 unspecified atom stereocenters. The summed E-state index contributed by atoms with van der Waals surface area (Å²) in [7, 11) is 0. The zero-order valence-corrected chi connectivity index (χ0v) is 9.71. The number of halogens is 3. The third-order valence-electron chi connectivity index (χ3n) is 2.50. The summed E-state index contributed by atoms with van der Waals surface area (Å²) in [6, 6.07) is 2.03. The maximum atomic E-state index is 13.4. The van der Waals surface area contributed by atoms with Crippen LogP contribution >= 0.6 is 0 Å². The number of benzene rings is 1. The van der Waals surface area contributed by atoms with Crippen LogP contribution in [0.1, 0.15) is 10.4 Å². The van der Waals surface area contributed by atoms with E-state index in [0.29, 0.717) is 0 Å². The van der Waals surface area contributed by atoms with Gasteiger partial charge in [-0.05, 0) is 12.1 Å². The summed E-state index contributed by atoms with van der Waals surface area (Å²) < 4.78 is 39.5. The fraction of sp³-hybridized carbons (Fsp3) is 0.167. The number of fused-ring (bicyclic) bond motifs is 1. The Balaban J connectivity index is 2.46. The van der Waals surface area contributed by atoms with Crippen LogP contribution < -0.4 is 11.1 Å². The number of rotatable bonds is 3. The van der Waals surface area contributed by atoms with Gasteiger partial charge in [0.25, 0.3) is 5.91 Å². The molecule has 0 bridgehead atoms. The summed E-state index contributed by atoms with van der Waals surface area (Å²) in [5.41, 5.74) is 5.02. The molecule has 100 valence electrons. The van der Waals surface area contributed by atoms with E-state index >= 15 is 0 Å². The average Bonchev–Trinajstić information content (AvgIpc) is 2.41. The number of nitrogens with two attached hydrogens (primary N) is 1. The van der Waals surface area contributed by atoms with E-state index in [9.17, 15) is 18.0 Å². The summed E-state index contributed by atoms with van der Waals surface area (Å²) in [4.78, 5) is 15.3. The second kappa shape index (κ2) is 5.23. The number of pyridine rings is 1. The lowest BCUT2D eigenvalue weighted by Gasteiger charge is -2.05. The highest BCUT2D eigenvalue weighted by Gasteiger charge is 2.16. The van der Waals surface area contributed by atoms with E-state index in [1.165, 1.54) is 6.07 Å². The summed E-state index contributed by atoms with van der Waals surface area (Å²) >= 11 is 0. The van der Waals surface area contributed by atoms with Crippen molar-refractivity contribution in [2.24, 2.45) is 5.73 Å². The van der Waals surface area contributed by atoms with Gasteiger partial charge in [-0.3, -0.25) is 9.78 Å². The smallest absolute Gasteiger partial charge is 0.252 e. The molecule has 0 spiro atoms. The molecule has 1 aromatic heterocycles. The van der Waals surface area contributed by atoms with Gasteiger partial charge >= 0.3 is 0 Å². The molecule has 0 atom stereocenters. The Bertz CT molecular complexity index is 646. The highest BCUT2D eigenvalue weighted by Crippen LogP contribution is 2.21. The minimum Gasteiger partial charge on any atom is -0.351 e. The van der Waals surface area contributed by atoms with Gasteiger partial charge in [-0.2, -0.15) is 0 Å². The molecular formula is C12H10F3N3O. The van der Waals surface area contributed by atoms with Gasteiger partial charge in [0, 0.05) is 24.7 Å². The van der Waals surface area contributed by atoms with Gasteiger partial charge in [0.15, 0.2) is 17.5 Å². The molecule has 0 saturated heterocycles. The summed E-state index contributed by atoms with van der Waals surface area (Å²) in [5, 5.41) is 2.50. The summed E-state index contributed by atoms with van der Waals surface area (Å²) in [6.07, 6.45) is 1.09. The monoisotopic (exact) mass is 269 g/mol. The first kappa shape index (κ1) is 13.3. The van der Waals surface area contributed by atoms with Crippen LogP contribution in [0.5, 0.6) is 0 Å². The fourth-order valence-corrected chi connectivity index (χ4v) is 1.60. The topological polar surface area (TPSA) is 68.0 Å². The fourth-order valence-electron chi connectivity index (χ4n) is 1.60. The minimum atomic E-state index is -1.58. The van der Waals surface area contributed by atoms with E-state index in [1.54, 1.807) is 0 Å². The van der Waals surface area contributed by atoms with Crippen molar-refractivity contribution in [1.82, 2.24) is 10.3 Å². The molecule has 19 heavy (non-hydrogen) atoms. The maximum absolute atomic E-state index is 13.4.